The van der Waals surface area contributed by atoms with Gasteiger partial charge in [-0.15, -0.1) is 11.3 Å². The van der Waals surface area contributed by atoms with E-state index in [4.69, 9.17) is 5.48 Å². The summed E-state index contributed by atoms with van der Waals surface area (Å²) in [4.78, 5) is 13.2. The van der Waals surface area contributed by atoms with Gasteiger partial charge in [0.2, 0.25) is 0 Å². The van der Waals surface area contributed by atoms with Crippen molar-refractivity contribution in [1.82, 2.24) is 5.32 Å². The molecule has 0 radical (unpaired) electrons. The number of benzene rings is 1. The molecule has 0 amide bonds. The minimum Gasteiger partial charge on any atom is -0.316 e. The second-order valence-corrected chi connectivity index (χ2v) is 6.08. The van der Waals surface area contributed by atoms with Crippen LogP contribution in [0.4, 0.5) is 0 Å². The molecule has 1 aliphatic carbocycles. The van der Waals surface area contributed by atoms with Gasteiger partial charge in [0.25, 0.3) is 0 Å². The van der Waals surface area contributed by atoms with Crippen molar-refractivity contribution in [1.29, 1.82) is 0 Å². The summed E-state index contributed by atoms with van der Waals surface area (Å²) in [5.41, 5.74) is 3.41. The Labute approximate surface area is 134 Å². The molecule has 1 saturated heterocycles. The van der Waals surface area contributed by atoms with E-state index in [0.717, 1.165) is 48.4 Å². The van der Waals surface area contributed by atoms with Crippen LogP contribution in [0.3, 0.4) is 0 Å². The lowest BCUT2D eigenvalue weighted by atomic mass is 9.88. The van der Waals surface area contributed by atoms with Crippen LogP contribution in [-0.2, 0) is 6.37 Å². The molecule has 2 aromatic rings. The van der Waals surface area contributed by atoms with Crippen LogP contribution in [0.15, 0.2) is 41.2 Å². The summed E-state index contributed by atoms with van der Waals surface area (Å²) in [7, 11) is 0. The normalized spacial score (nSPS) is 23.3. The lowest BCUT2D eigenvalue weighted by molar-refractivity contribution is 0.0997. The molecular formula is C18H17NOS. The summed E-state index contributed by atoms with van der Waals surface area (Å²) in [5, 5.41) is 3.32. The van der Waals surface area contributed by atoms with Crippen molar-refractivity contribution in [2.45, 2.75) is 19.2 Å². The molecule has 1 N–H and O–H groups in total. The van der Waals surface area contributed by atoms with Gasteiger partial charge in [0.05, 0.1) is 7.62 Å². The topological polar surface area (TPSA) is 29.1 Å². The number of hydrogen-bond donors (Lipinski definition) is 1. The van der Waals surface area contributed by atoms with E-state index >= 15 is 0 Å². The Morgan fingerprint density at radius 1 is 1.19 bits per heavy atom. The number of ketones is 1. The first-order valence-corrected chi connectivity index (χ1v) is 7.92. The van der Waals surface area contributed by atoms with Gasteiger partial charge in [0.15, 0.2) is 5.78 Å². The van der Waals surface area contributed by atoms with Gasteiger partial charge in [-0.05, 0) is 54.0 Å². The zero-order valence-corrected chi connectivity index (χ0v) is 12.3. The average Bonchev–Trinajstić information content (AvgIpc) is 2.88. The van der Waals surface area contributed by atoms with Crippen LogP contribution >= 0.6 is 11.3 Å². The van der Waals surface area contributed by atoms with E-state index in [1.54, 1.807) is 12.1 Å². The van der Waals surface area contributed by atoms with Crippen LogP contribution < -0.4 is 5.32 Å². The Hall–Kier alpha value is -1.71. The van der Waals surface area contributed by atoms with Crippen molar-refractivity contribution < 1.29 is 10.3 Å². The number of piperidine rings is 1. The molecule has 0 saturated carbocycles. The van der Waals surface area contributed by atoms with E-state index in [1.165, 1.54) is 0 Å². The number of fused-ring (bicyclic) bond motifs is 2. The highest BCUT2D eigenvalue weighted by Crippen LogP contribution is 2.39. The first-order chi connectivity index (χ1) is 11.9. The van der Waals surface area contributed by atoms with Gasteiger partial charge in [0.1, 0.15) is 0 Å². The molecule has 2 heterocycles. The Balaban J connectivity index is 2.14. The maximum absolute atomic E-state index is 12.9. The fourth-order valence-corrected chi connectivity index (χ4v) is 3.69. The summed E-state index contributed by atoms with van der Waals surface area (Å²) in [6.07, 6.45) is -0.573. The highest BCUT2D eigenvalue weighted by Gasteiger charge is 2.26. The number of nitrogens with one attached hydrogen (secondary N) is 1. The summed E-state index contributed by atoms with van der Waals surface area (Å²) in [6.45, 7) is 1.64. The predicted octanol–water partition coefficient (Wildman–Crippen LogP) is 3.67. The Bertz CT molecular complexity index is 908. The lowest BCUT2D eigenvalue weighted by Gasteiger charge is -2.21. The fraction of sp³-hybridized carbons (Fsp3) is 0.278. The summed E-state index contributed by atoms with van der Waals surface area (Å²) in [6, 6.07) is 7.11. The second-order valence-electron chi connectivity index (χ2n) is 5.26. The molecule has 4 rings (SSSR count). The molecule has 0 unspecified atom stereocenters. The molecule has 3 heteroatoms. The van der Waals surface area contributed by atoms with Gasteiger partial charge in [-0.3, -0.25) is 4.79 Å². The largest absolute Gasteiger partial charge is 0.316 e. The van der Waals surface area contributed by atoms with Gasteiger partial charge in [-0.25, -0.2) is 0 Å². The van der Waals surface area contributed by atoms with Crippen LogP contribution in [0.5, 0.6) is 0 Å². The molecule has 0 atom stereocenters. The van der Waals surface area contributed by atoms with Crippen LogP contribution in [0.1, 0.15) is 44.7 Å². The molecule has 0 spiro atoms. The third kappa shape index (κ3) is 2.17. The molecule has 21 heavy (non-hydrogen) atoms. The van der Waals surface area contributed by atoms with Gasteiger partial charge in [-0.1, -0.05) is 29.8 Å². The zero-order chi connectivity index (χ0) is 17.8. The maximum Gasteiger partial charge on any atom is 0.177 e. The minimum atomic E-state index is -2.16. The van der Waals surface area contributed by atoms with Crippen molar-refractivity contribution in [3.8, 4) is 0 Å². The van der Waals surface area contributed by atoms with Crippen molar-refractivity contribution in [2.24, 2.45) is 0 Å². The van der Waals surface area contributed by atoms with Crippen LogP contribution in [0.25, 0.3) is 5.57 Å². The second kappa shape index (κ2) is 5.24. The number of carbonyl (C=O) groups is 1. The molecule has 106 valence electrons. The van der Waals surface area contributed by atoms with E-state index in [1.807, 2.05) is 12.1 Å². The van der Waals surface area contributed by atoms with E-state index < -0.39 is 12.2 Å². The van der Waals surface area contributed by atoms with E-state index in [-0.39, 0.29) is 16.3 Å². The standard InChI is InChI=1S/C18H17NOS/c20-16-11-13-3-1-2-4-14(13)17(12-5-8-19-9-6-12)15-7-10-21-18(15)16/h1-4,7,10,19H,5-6,8-9,11H2/i7D,10D,11D2. The predicted molar refractivity (Wildman–Crippen MR) is 86.9 cm³/mol. The molecular weight excluding hydrogens is 278 g/mol. The highest BCUT2D eigenvalue weighted by molar-refractivity contribution is 7.12. The third-order valence-electron chi connectivity index (χ3n) is 4.02. The average molecular weight is 299 g/mol. The molecule has 2 aliphatic rings. The fourth-order valence-electron chi connectivity index (χ4n) is 3.04. The van der Waals surface area contributed by atoms with Crippen molar-refractivity contribution in [3.05, 3.63) is 62.8 Å². The molecule has 2 nitrogen and oxygen atoms in total. The number of thiophene rings is 1. The highest BCUT2D eigenvalue weighted by atomic mass is 32.1. The van der Waals surface area contributed by atoms with Gasteiger partial charge < -0.3 is 5.32 Å². The van der Waals surface area contributed by atoms with Crippen LogP contribution in [0, 0.1) is 0 Å². The summed E-state index contributed by atoms with van der Waals surface area (Å²) in [5.74, 6) is -0.642. The first-order valence-electron chi connectivity index (χ1n) is 9.10. The Morgan fingerprint density at radius 3 is 2.86 bits per heavy atom. The molecule has 1 aliphatic heterocycles. The molecule has 1 aromatic heterocycles. The van der Waals surface area contributed by atoms with Gasteiger partial charge in [0, 0.05) is 14.7 Å². The monoisotopic (exact) mass is 299 g/mol. The summed E-state index contributed by atoms with van der Waals surface area (Å²) >= 11 is 0.919. The number of rotatable bonds is 0. The van der Waals surface area contributed by atoms with Crippen LogP contribution in [-0.4, -0.2) is 18.9 Å². The molecule has 0 bridgehead atoms. The number of carbonyl (C=O) groups excluding carboxylic acids is 1. The Morgan fingerprint density at radius 2 is 2.00 bits per heavy atom. The number of Topliss-reactive ketones (excluding diaryl/α,β-unsaturated/α-hetero) is 1. The first kappa shape index (κ1) is 9.34. The van der Waals surface area contributed by atoms with E-state index in [9.17, 15) is 4.79 Å². The molecule has 1 aromatic carbocycles. The van der Waals surface area contributed by atoms with E-state index in [2.05, 4.69) is 5.32 Å². The Kier molecular flexibility index (Phi) is 2.33. The van der Waals surface area contributed by atoms with Gasteiger partial charge >= 0.3 is 0 Å². The maximum atomic E-state index is 12.9. The van der Waals surface area contributed by atoms with Crippen molar-refractivity contribution >= 4 is 22.7 Å². The minimum absolute atomic E-state index is 0.0144. The quantitative estimate of drug-likeness (QED) is 0.804. The molecule has 1 fully saturated rings. The summed E-state index contributed by atoms with van der Waals surface area (Å²) < 4.78 is 33.2. The zero-order valence-electron chi connectivity index (χ0n) is 15.5. The van der Waals surface area contributed by atoms with E-state index in [0.29, 0.717) is 16.7 Å². The smallest absolute Gasteiger partial charge is 0.177 e. The van der Waals surface area contributed by atoms with Crippen LogP contribution in [0.2, 0.25) is 0 Å². The van der Waals surface area contributed by atoms with Crippen molar-refractivity contribution in [2.75, 3.05) is 13.1 Å². The van der Waals surface area contributed by atoms with Crippen molar-refractivity contribution in [3.63, 3.8) is 0 Å². The number of hydrogen-bond acceptors (Lipinski definition) is 3. The van der Waals surface area contributed by atoms with Gasteiger partial charge in [-0.2, -0.15) is 0 Å². The third-order valence-corrected chi connectivity index (χ3v) is 4.82. The lowest BCUT2D eigenvalue weighted by Crippen LogP contribution is -2.24. The SMILES string of the molecule is [2H]c1sc2c(c1[2H])C(=C1CCNCC1)c1ccccc1C([2H])([2H])C2=O.